The van der Waals surface area contributed by atoms with Crippen LogP contribution in [0.2, 0.25) is 0 Å². The Morgan fingerprint density at radius 1 is 1.04 bits per heavy atom. The van der Waals surface area contributed by atoms with Gasteiger partial charge in [0.05, 0.1) is 6.04 Å². The number of carbonyl (C=O) groups is 2. The summed E-state index contributed by atoms with van der Waals surface area (Å²) in [6.07, 6.45) is 12.4. The van der Waals surface area contributed by atoms with E-state index in [1.54, 1.807) is 0 Å². The van der Waals surface area contributed by atoms with Gasteiger partial charge in [0.2, 0.25) is 0 Å². The summed E-state index contributed by atoms with van der Waals surface area (Å²) in [5, 5.41) is 2.89. The molecule has 2 unspecified atom stereocenters. The largest absolute Gasteiger partial charge is 0.342 e. The van der Waals surface area contributed by atoms with Gasteiger partial charge in [-0.05, 0) is 49.3 Å². The summed E-state index contributed by atoms with van der Waals surface area (Å²) in [5.74, 6) is 0.645. The van der Waals surface area contributed by atoms with Gasteiger partial charge in [-0.1, -0.05) is 64.5 Å². The summed E-state index contributed by atoms with van der Waals surface area (Å²) in [6.45, 7) is 4.49. The minimum atomic E-state index is -0.280. The summed E-state index contributed by atoms with van der Waals surface area (Å²) in [7, 11) is 0. The topological polar surface area (TPSA) is 46.2 Å². The van der Waals surface area contributed by atoms with Crippen molar-refractivity contribution in [2.45, 2.75) is 96.4 Å². The van der Waals surface area contributed by atoms with Crippen LogP contribution >= 0.6 is 0 Å². The maximum Gasteiger partial charge on any atom is 0.251 e. The number of benzene rings is 1. The van der Waals surface area contributed by atoms with E-state index >= 15 is 0 Å². The van der Waals surface area contributed by atoms with E-state index < -0.39 is 0 Å². The Hall–Kier alpha value is -1.64. The van der Waals surface area contributed by atoms with Crippen LogP contribution in [0, 0.1) is 0 Å². The minimum absolute atomic E-state index is 0.121. The molecule has 0 aliphatic heterocycles. The van der Waals surface area contributed by atoms with Crippen LogP contribution in [0.15, 0.2) is 24.3 Å². The van der Waals surface area contributed by atoms with Crippen LogP contribution < -0.4 is 5.32 Å². The molecule has 3 nitrogen and oxygen atoms in total. The number of carbonyl (C=O) groups excluding carboxylic acids is 2. The second-order valence-electron chi connectivity index (χ2n) is 7.70. The fraction of sp³-hybridized carbons (Fsp3) is 0.652. The van der Waals surface area contributed by atoms with Gasteiger partial charge < -0.3 is 5.32 Å². The third-order valence-corrected chi connectivity index (χ3v) is 5.57. The Balaban J connectivity index is 1.94. The number of amides is 1. The van der Waals surface area contributed by atoms with Crippen molar-refractivity contribution in [3.63, 3.8) is 0 Å². The van der Waals surface area contributed by atoms with Crippen molar-refractivity contribution in [3.8, 4) is 0 Å². The lowest BCUT2D eigenvalue weighted by molar-refractivity contribution is -0.118. The molecule has 0 spiro atoms. The lowest BCUT2D eigenvalue weighted by Crippen LogP contribution is -2.37. The molecule has 0 radical (unpaired) electrons. The zero-order chi connectivity index (χ0) is 18.8. The van der Waals surface area contributed by atoms with E-state index in [-0.39, 0.29) is 17.7 Å². The molecule has 0 aromatic heterocycles. The van der Waals surface area contributed by atoms with E-state index in [1.807, 2.05) is 12.1 Å². The summed E-state index contributed by atoms with van der Waals surface area (Å²) in [6, 6.07) is 7.80. The Morgan fingerprint density at radius 2 is 1.73 bits per heavy atom. The molecule has 1 aliphatic rings. The molecule has 26 heavy (non-hydrogen) atoms. The van der Waals surface area contributed by atoms with Crippen LogP contribution in [0.4, 0.5) is 0 Å². The van der Waals surface area contributed by atoms with Crippen LogP contribution in [0.5, 0.6) is 0 Å². The van der Waals surface area contributed by atoms with Gasteiger partial charge in [-0.2, -0.15) is 0 Å². The van der Waals surface area contributed by atoms with Crippen molar-refractivity contribution in [2.75, 3.05) is 0 Å². The Kier molecular flexibility index (Phi) is 8.87. The standard InChI is InChI=1S/C23H35NO2/c1-3-5-7-8-11-18(10-6-4-2)19-14-16-20(17-15-19)23(26)24-21-12-9-13-22(21)25/h14-18,21H,3-13H2,1-2H3,(H,24,26). The Labute approximate surface area is 159 Å². The van der Waals surface area contributed by atoms with E-state index in [0.717, 1.165) is 12.8 Å². The zero-order valence-electron chi connectivity index (χ0n) is 16.6. The average Bonchev–Trinajstić information content (AvgIpc) is 3.06. The molecule has 0 bridgehead atoms. The van der Waals surface area contributed by atoms with E-state index in [1.165, 1.54) is 56.9 Å². The second kappa shape index (κ2) is 11.2. The zero-order valence-corrected chi connectivity index (χ0v) is 16.6. The fourth-order valence-electron chi connectivity index (χ4n) is 3.86. The second-order valence-corrected chi connectivity index (χ2v) is 7.70. The summed E-state index contributed by atoms with van der Waals surface area (Å²) in [4.78, 5) is 24.1. The number of ketones is 1. The minimum Gasteiger partial charge on any atom is -0.342 e. The number of Topliss-reactive ketones (excluding diaryl/α,β-unsaturated/α-hetero) is 1. The smallest absolute Gasteiger partial charge is 0.251 e. The first-order valence-electron chi connectivity index (χ1n) is 10.6. The van der Waals surface area contributed by atoms with Gasteiger partial charge in [0.15, 0.2) is 5.78 Å². The van der Waals surface area contributed by atoms with Crippen molar-refractivity contribution >= 4 is 11.7 Å². The lowest BCUT2D eigenvalue weighted by atomic mass is 9.88. The van der Waals surface area contributed by atoms with Crippen LogP contribution in [0.3, 0.4) is 0 Å². The molecular weight excluding hydrogens is 322 g/mol. The van der Waals surface area contributed by atoms with Crippen LogP contribution in [0.25, 0.3) is 0 Å². The average molecular weight is 358 g/mol. The highest BCUT2D eigenvalue weighted by atomic mass is 16.2. The molecule has 0 saturated heterocycles. The van der Waals surface area contributed by atoms with E-state index in [4.69, 9.17) is 0 Å². The molecule has 1 aliphatic carbocycles. The third-order valence-electron chi connectivity index (χ3n) is 5.57. The van der Waals surface area contributed by atoms with Crippen molar-refractivity contribution < 1.29 is 9.59 Å². The molecule has 1 N–H and O–H groups in total. The van der Waals surface area contributed by atoms with Gasteiger partial charge in [0.1, 0.15) is 0 Å². The monoisotopic (exact) mass is 357 g/mol. The van der Waals surface area contributed by atoms with E-state index in [2.05, 4.69) is 31.3 Å². The molecule has 3 heteroatoms. The lowest BCUT2D eigenvalue weighted by Gasteiger charge is -2.18. The number of hydrogen-bond donors (Lipinski definition) is 1. The van der Waals surface area contributed by atoms with Crippen LogP contribution in [-0.4, -0.2) is 17.7 Å². The van der Waals surface area contributed by atoms with E-state index in [9.17, 15) is 9.59 Å². The number of rotatable bonds is 11. The number of unbranched alkanes of at least 4 members (excludes halogenated alkanes) is 4. The maximum absolute atomic E-state index is 12.4. The molecule has 0 heterocycles. The van der Waals surface area contributed by atoms with Gasteiger partial charge in [-0.3, -0.25) is 9.59 Å². The summed E-state index contributed by atoms with van der Waals surface area (Å²) >= 11 is 0. The molecule has 1 amide bonds. The number of hydrogen-bond acceptors (Lipinski definition) is 2. The van der Waals surface area contributed by atoms with Crippen molar-refractivity contribution in [2.24, 2.45) is 0 Å². The SMILES string of the molecule is CCCCCCC(CCCC)c1ccc(C(=O)NC2CCCC2=O)cc1. The molecule has 1 aromatic carbocycles. The molecule has 1 saturated carbocycles. The van der Waals surface area contributed by atoms with Gasteiger partial charge in [-0.25, -0.2) is 0 Å². The van der Waals surface area contributed by atoms with Crippen molar-refractivity contribution in [1.82, 2.24) is 5.32 Å². The first-order chi connectivity index (χ1) is 12.7. The van der Waals surface area contributed by atoms with Crippen LogP contribution in [-0.2, 0) is 4.79 Å². The molecule has 144 valence electrons. The highest BCUT2D eigenvalue weighted by Crippen LogP contribution is 2.28. The third kappa shape index (κ3) is 6.26. The van der Waals surface area contributed by atoms with Gasteiger partial charge in [0.25, 0.3) is 5.91 Å². The predicted molar refractivity (Wildman–Crippen MR) is 108 cm³/mol. The number of nitrogens with one attached hydrogen (secondary N) is 1. The first-order valence-corrected chi connectivity index (χ1v) is 10.6. The first kappa shape index (κ1) is 20.7. The summed E-state index contributed by atoms with van der Waals surface area (Å²) in [5.41, 5.74) is 2.01. The Bertz CT molecular complexity index is 564. The van der Waals surface area contributed by atoms with Gasteiger partial charge >= 0.3 is 0 Å². The van der Waals surface area contributed by atoms with Crippen molar-refractivity contribution in [3.05, 3.63) is 35.4 Å². The van der Waals surface area contributed by atoms with Crippen LogP contribution in [0.1, 0.15) is 106 Å². The normalized spacial score (nSPS) is 18.1. The highest BCUT2D eigenvalue weighted by molar-refractivity contribution is 5.98. The fourth-order valence-corrected chi connectivity index (χ4v) is 3.86. The quantitative estimate of drug-likeness (QED) is 0.510. The predicted octanol–water partition coefficient (Wildman–Crippen LogP) is 5.78. The van der Waals surface area contributed by atoms with Gasteiger partial charge in [-0.15, -0.1) is 0 Å². The van der Waals surface area contributed by atoms with Gasteiger partial charge in [0, 0.05) is 12.0 Å². The molecule has 2 rings (SSSR count). The molecule has 1 aromatic rings. The Morgan fingerprint density at radius 3 is 2.35 bits per heavy atom. The maximum atomic E-state index is 12.4. The molecular formula is C23H35NO2. The molecule has 1 fully saturated rings. The van der Waals surface area contributed by atoms with Crippen molar-refractivity contribution in [1.29, 1.82) is 0 Å². The highest BCUT2D eigenvalue weighted by Gasteiger charge is 2.26. The van der Waals surface area contributed by atoms with E-state index in [0.29, 0.717) is 17.9 Å². The summed E-state index contributed by atoms with van der Waals surface area (Å²) < 4.78 is 0. The molecule has 2 atom stereocenters.